The lowest BCUT2D eigenvalue weighted by molar-refractivity contribution is -0.193. The van der Waals surface area contributed by atoms with Gasteiger partial charge >= 0.3 is 0 Å². The number of rotatable bonds is 30. The third kappa shape index (κ3) is 19.6. The summed E-state index contributed by atoms with van der Waals surface area (Å²) in [5.41, 5.74) is 0. The summed E-state index contributed by atoms with van der Waals surface area (Å²) < 4.78 is 13.6. The summed E-state index contributed by atoms with van der Waals surface area (Å²) in [5, 5.41) is 0. The number of hydrogen-bond donors (Lipinski definition) is 0. The van der Waals surface area contributed by atoms with Gasteiger partial charge in [-0.1, -0.05) is 140 Å². The van der Waals surface area contributed by atoms with Gasteiger partial charge in [-0.25, -0.2) is 0 Å². The van der Waals surface area contributed by atoms with Crippen molar-refractivity contribution >= 4 is 0 Å². The number of allylic oxidation sites excluding steroid dienone is 8. The van der Waals surface area contributed by atoms with E-state index in [-0.39, 0.29) is 5.79 Å². The van der Waals surface area contributed by atoms with E-state index in [9.17, 15) is 0 Å². The highest BCUT2D eigenvalue weighted by molar-refractivity contribution is 5.02. The maximum absolute atomic E-state index is 6.82. The summed E-state index contributed by atoms with van der Waals surface area (Å²) in [6.45, 7) is 4.54. The predicted octanol–water partition coefficient (Wildman–Crippen LogP) is 13.2. The number of fused-ring (bicyclic) bond motifs is 1. The molecule has 1 heterocycles. The van der Waals surface area contributed by atoms with Crippen molar-refractivity contribution in [3.63, 3.8) is 0 Å². The highest BCUT2D eigenvalue weighted by Gasteiger charge is 2.51. The van der Waals surface area contributed by atoms with E-state index < -0.39 is 0 Å². The van der Waals surface area contributed by atoms with E-state index in [1.807, 2.05) is 0 Å². The third-order valence-electron chi connectivity index (χ3n) is 10.2. The average Bonchev–Trinajstić information content (AvgIpc) is 3.59. The molecule has 2 aliphatic rings. The van der Waals surface area contributed by atoms with Crippen LogP contribution in [0.2, 0.25) is 0 Å². The molecule has 0 radical (unpaired) electrons. The summed E-state index contributed by atoms with van der Waals surface area (Å²) >= 11 is 0. The maximum atomic E-state index is 6.82. The molecule has 2 rings (SSSR count). The van der Waals surface area contributed by atoms with Gasteiger partial charge in [-0.3, -0.25) is 0 Å². The molecule has 0 amide bonds. The fraction of sp³-hybridized carbons (Fsp3) is 0.814. The molecule has 0 bridgehead atoms. The summed E-state index contributed by atoms with van der Waals surface area (Å²) in [6.07, 6.45) is 53.5. The van der Waals surface area contributed by atoms with Crippen molar-refractivity contribution in [2.24, 2.45) is 0 Å². The molecule has 2 fully saturated rings. The zero-order valence-electron chi connectivity index (χ0n) is 31.2. The molecule has 1 saturated heterocycles. The highest BCUT2D eigenvalue weighted by atomic mass is 16.8. The number of hydrogen-bond acceptors (Lipinski definition) is 3. The summed E-state index contributed by atoms with van der Waals surface area (Å²) in [6, 6.07) is 0.603. The van der Waals surface area contributed by atoms with Crippen LogP contribution >= 0.6 is 0 Å². The first-order chi connectivity index (χ1) is 22.6. The van der Waals surface area contributed by atoms with Gasteiger partial charge in [0.15, 0.2) is 5.79 Å². The van der Waals surface area contributed by atoms with Crippen molar-refractivity contribution in [1.29, 1.82) is 0 Å². The molecule has 1 aliphatic heterocycles. The van der Waals surface area contributed by atoms with E-state index >= 15 is 0 Å². The Morgan fingerprint density at radius 3 is 1.33 bits per heavy atom. The number of nitrogens with zero attached hydrogens (tertiary/aromatic N) is 1. The van der Waals surface area contributed by atoms with Gasteiger partial charge in [0.1, 0.15) is 0 Å². The van der Waals surface area contributed by atoms with Crippen LogP contribution in [0, 0.1) is 0 Å². The van der Waals surface area contributed by atoms with Gasteiger partial charge in [0, 0.05) is 18.9 Å². The zero-order valence-corrected chi connectivity index (χ0v) is 31.2. The second-order valence-corrected chi connectivity index (χ2v) is 14.7. The molecule has 4 atom stereocenters. The Hall–Kier alpha value is -1.16. The minimum Gasteiger partial charge on any atom is -0.344 e. The van der Waals surface area contributed by atoms with Gasteiger partial charge in [0.2, 0.25) is 0 Å². The molecule has 46 heavy (non-hydrogen) atoms. The first kappa shape index (κ1) is 41.0. The Morgan fingerprint density at radius 1 is 0.500 bits per heavy atom. The molecule has 2 unspecified atom stereocenters. The van der Waals surface area contributed by atoms with Crippen LogP contribution in [-0.2, 0) is 9.47 Å². The lowest BCUT2D eigenvalue weighted by atomic mass is 9.98. The van der Waals surface area contributed by atoms with Crippen molar-refractivity contribution in [2.45, 2.75) is 211 Å². The molecule has 1 saturated carbocycles. The van der Waals surface area contributed by atoms with E-state index in [1.54, 1.807) is 0 Å². The van der Waals surface area contributed by atoms with Crippen molar-refractivity contribution in [3.05, 3.63) is 48.6 Å². The second-order valence-electron chi connectivity index (χ2n) is 14.7. The molecule has 0 spiro atoms. The van der Waals surface area contributed by atoms with Crippen LogP contribution in [0.15, 0.2) is 48.6 Å². The number of unbranched alkanes of at least 4 members (excludes halogenated alkanes) is 18. The van der Waals surface area contributed by atoms with Gasteiger partial charge in [0.05, 0.1) is 12.2 Å². The van der Waals surface area contributed by atoms with Crippen molar-refractivity contribution in [3.8, 4) is 0 Å². The first-order valence-electron chi connectivity index (χ1n) is 20.2. The quantitative estimate of drug-likeness (QED) is 0.0443. The first-order valence-corrected chi connectivity index (χ1v) is 20.2. The Balaban J connectivity index is 1.56. The van der Waals surface area contributed by atoms with Gasteiger partial charge in [-0.15, -0.1) is 0 Å². The molecule has 266 valence electrons. The highest BCUT2D eigenvalue weighted by Crippen LogP contribution is 2.44. The number of ether oxygens (including phenoxy) is 2. The smallest absolute Gasteiger partial charge is 0.169 e. The Morgan fingerprint density at radius 2 is 0.891 bits per heavy atom. The summed E-state index contributed by atoms with van der Waals surface area (Å²) in [4.78, 5) is 2.36. The topological polar surface area (TPSA) is 21.7 Å². The summed E-state index contributed by atoms with van der Waals surface area (Å²) in [7, 11) is 4.40. The van der Waals surface area contributed by atoms with Crippen LogP contribution in [-0.4, -0.2) is 43.0 Å². The maximum Gasteiger partial charge on any atom is 0.169 e. The monoisotopic (exact) mass is 640 g/mol. The van der Waals surface area contributed by atoms with Crippen molar-refractivity contribution < 1.29 is 9.47 Å². The molecular formula is C43H77NO2. The molecule has 3 heteroatoms. The normalized spacial score (nSPS) is 23.5. The van der Waals surface area contributed by atoms with Gasteiger partial charge in [-0.2, -0.15) is 0 Å². The van der Waals surface area contributed by atoms with E-state index in [4.69, 9.17) is 9.47 Å². The molecule has 3 nitrogen and oxygen atoms in total. The lowest BCUT2D eigenvalue weighted by Crippen LogP contribution is -2.34. The standard InChI is InChI=1S/C43H77NO2/c1-5-7-9-11-13-15-17-19-21-23-25-27-29-31-33-35-37-43(45-41-38-40(44(3)4)39-42(41)46-43)36-34-32-30-28-26-24-22-20-18-16-14-12-10-8-6-2/h13-16,18-21,40-42H,5-12,17,22-39H2,1-4H3/b15-13-,16-14+,20-18-,21-19-/t40?,41-,42+,43?. The summed E-state index contributed by atoms with van der Waals surface area (Å²) in [5.74, 6) is -0.309. The largest absolute Gasteiger partial charge is 0.344 e. The molecule has 0 aromatic carbocycles. The van der Waals surface area contributed by atoms with Crippen LogP contribution in [0.1, 0.15) is 187 Å². The fourth-order valence-corrected chi connectivity index (χ4v) is 7.15. The van der Waals surface area contributed by atoms with E-state index in [1.165, 1.54) is 141 Å². The van der Waals surface area contributed by atoms with Crippen LogP contribution < -0.4 is 0 Å². The van der Waals surface area contributed by atoms with Crippen LogP contribution in [0.3, 0.4) is 0 Å². The average molecular weight is 640 g/mol. The van der Waals surface area contributed by atoms with Gasteiger partial charge in [-0.05, 0) is 97.6 Å². The molecule has 0 N–H and O–H groups in total. The minimum absolute atomic E-state index is 0.302. The Bertz CT molecular complexity index is 798. The van der Waals surface area contributed by atoms with Gasteiger partial charge in [0.25, 0.3) is 0 Å². The Kier molecular flexibility index (Phi) is 24.7. The second kappa shape index (κ2) is 27.8. The van der Waals surface area contributed by atoms with Crippen LogP contribution in [0.4, 0.5) is 0 Å². The molecular weight excluding hydrogens is 562 g/mol. The van der Waals surface area contributed by atoms with Crippen LogP contribution in [0.25, 0.3) is 0 Å². The van der Waals surface area contributed by atoms with E-state index in [2.05, 4.69) is 81.5 Å². The minimum atomic E-state index is -0.309. The molecule has 1 aliphatic carbocycles. The molecule has 0 aromatic heterocycles. The van der Waals surface area contributed by atoms with Crippen LogP contribution in [0.5, 0.6) is 0 Å². The van der Waals surface area contributed by atoms with Crippen molar-refractivity contribution in [2.75, 3.05) is 14.1 Å². The third-order valence-corrected chi connectivity index (χ3v) is 10.2. The van der Waals surface area contributed by atoms with Crippen molar-refractivity contribution in [1.82, 2.24) is 4.90 Å². The lowest BCUT2D eigenvalue weighted by Gasteiger charge is -2.31. The zero-order chi connectivity index (χ0) is 33.0. The van der Waals surface area contributed by atoms with E-state index in [0.717, 1.165) is 32.1 Å². The van der Waals surface area contributed by atoms with E-state index in [0.29, 0.717) is 18.2 Å². The predicted molar refractivity (Wildman–Crippen MR) is 203 cm³/mol. The van der Waals surface area contributed by atoms with Gasteiger partial charge < -0.3 is 14.4 Å². The SMILES string of the molecule is CCCCC/C=C\C/C=C\CCCCCCCCC1(CCCCCCCC/C=C\C=C\CCCCC)O[C@H]2CC(N(C)C)C[C@H]2O1. The Labute approximate surface area is 287 Å². The fourth-order valence-electron chi connectivity index (χ4n) is 7.15. The molecule has 0 aromatic rings.